The van der Waals surface area contributed by atoms with E-state index in [0.29, 0.717) is 28.8 Å². The number of halogens is 1. The Morgan fingerprint density at radius 2 is 1.87 bits per heavy atom. The van der Waals surface area contributed by atoms with Crippen molar-refractivity contribution in [1.29, 1.82) is 0 Å². The maximum absolute atomic E-state index is 13.4. The predicted molar refractivity (Wildman–Crippen MR) is 181 cm³/mol. The van der Waals surface area contributed by atoms with Crippen molar-refractivity contribution in [2.45, 2.75) is 70.4 Å². The molecule has 1 atom stereocenters. The van der Waals surface area contributed by atoms with E-state index in [1.807, 2.05) is 38.1 Å². The lowest BCUT2D eigenvalue weighted by Gasteiger charge is -2.45. The summed E-state index contributed by atoms with van der Waals surface area (Å²) in [5, 5.41) is 14.8. The first-order valence-electron chi connectivity index (χ1n) is 14.8. The first kappa shape index (κ1) is 36.1. The summed E-state index contributed by atoms with van der Waals surface area (Å²) >= 11 is 7.79. The molecule has 1 unspecified atom stereocenters. The molecule has 1 aliphatic rings. The summed E-state index contributed by atoms with van der Waals surface area (Å²) in [7, 11) is -2.53. The van der Waals surface area contributed by atoms with Gasteiger partial charge in [-0.25, -0.2) is 18.0 Å². The first-order valence-corrected chi connectivity index (χ1v) is 17.6. The quantitative estimate of drug-likeness (QED) is 0.130. The fraction of sp³-hybridized carbons (Fsp3) is 0.438. The van der Waals surface area contributed by atoms with E-state index in [4.69, 9.17) is 25.8 Å². The van der Waals surface area contributed by atoms with E-state index in [9.17, 15) is 28.1 Å². The zero-order valence-corrected chi connectivity index (χ0v) is 29.4. The van der Waals surface area contributed by atoms with Crippen LogP contribution in [0.4, 0.5) is 11.4 Å². The Balaban J connectivity index is 1.49. The smallest absolute Gasteiger partial charge is 0.351 e. The maximum atomic E-state index is 13.4. The van der Waals surface area contributed by atoms with E-state index in [1.165, 1.54) is 29.6 Å². The average Bonchev–Trinajstić information content (AvgIpc) is 3.30. The van der Waals surface area contributed by atoms with Gasteiger partial charge in [-0.1, -0.05) is 35.9 Å². The Bertz CT molecular complexity index is 1770. The molecule has 2 aromatic carbocycles. The molecule has 15 heteroatoms. The Morgan fingerprint density at radius 1 is 1.17 bits per heavy atom. The van der Waals surface area contributed by atoms with Gasteiger partial charge < -0.3 is 19.5 Å². The molecule has 0 bridgehead atoms. The number of nitro benzene ring substituents is 1. The lowest BCUT2D eigenvalue weighted by atomic mass is 9.89. The number of nitro groups is 1. The van der Waals surface area contributed by atoms with Crippen molar-refractivity contribution < 1.29 is 37.1 Å². The number of piperidine rings is 1. The lowest BCUT2D eigenvalue weighted by Crippen LogP contribution is -2.55. The normalized spacial score (nSPS) is 16.7. The Morgan fingerprint density at radius 3 is 2.51 bits per heavy atom. The van der Waals surface area contributed by atoms with Gasteiger partial charge in [0.05, 0.1) is 22.7 Å². The van der Waals surface area contributed by atoms with Gasteiger partial charge >= 0.3 is 11.9 Å². The van der Waals surface area contributed by atoms with Crippen molar-refractivity contribution in [2.75, 3.05) is 25.6 Å². The largest absolute Gasteiger partial charge is 0.479 e. The highest BCUT2D eigenvalue weighted by molar-refractivity contribution is 7.88. The van der Waals surface area contributed by atoms with Crippen LogP contribution < -0.4 is 10.1 Å². The maximum Gasteiger partial charge on any atom is 0.351 e. The summed E-state index contributed by atoms with van der Waals surface area (Å²) < 4.78 is 44.3. The van der Waals surface area contributed by atoms with Crippen molar-refractivity contribution >= 4 is 56.3 Å². The van der Waals surface area contributed by atoms with Gasteiger partial charge in [0.1, 0.15) is 10.6 Å². The second-order valence-electron chi connectivity index (χ2n) is 12.8. The number of hydrogen-bond acceptors (Lipinski definition) is 11. The number of non-ortho nitro benzene ring substituents is 1. The molecular formula is C32H38ClN3O9S2. The lowest BCUT2D eigenvalue weighted by molar-refractivity contribution is -0.384. The predicted octanol–water partition coefficient (Wildman–Crippen LogP) is 6.67. The van der Waals surface area contributed by atoms with E-state index in [2.05, 4.69) is 5.32 Å². The molecule has 2 heterocycles. The van der Waals surface area contributed by atoms with Crippen LogP contribution >= 0.6 is 22.9 Å². The van der Waals surface area contributed by atoms with Gasteiger partial charge in [-0.15, -0.1) is 11.3 Å². The second kappa shape index (κ2) is 14.2. The SMILES string of the molecule is COC(=O)c1sc(-c2cccc(NC3CCN(S(=O)(=O)Cc4cccc([N+](=O)[O-])c4)C(C)(C)C3)c2)c(Cl)c1OCC(=O)OC(C)(C)C. The molecule has 3 aromatic rings. The highest BCUT2D eigenvalue weighted by atomic mass is 35.5. The number of nitrogens with one attached hydrogen (secondary N) is 1. The van der Waals surface area contributed by atoms with Gasteiger partial charge in [-0.3, -0.25) is 10.1 Å². The zero-order valence-electron chi connectivity index (χ0n) is 27.0. The van der Waals surface area contributed by atoms with Gasteiger partial charge in [0.25, 0.3) is 5.69 Å². The Labute approximate surface area is 283 Å². The summed E-state index contributed by atoms with van der Waals surface area (Å²) in [6.45, 7) is 8.74. The van der Waals surface area contributed by atoms with Crippen molar-refractivity contribution in [3.05, 3.63) is 74.1 Å². The van der Waals surface area contributed by atoms with Crippen LogP contribution in [0.3, 0.4) is 0 Å². The third-order valence-electron chi connectivity index (χ3n) is 7.34. The molecule has 1 fully saturated rings. The minimum atomic E-state index is -3.77. The number of hydrogen-bond donors (Lipinski definition) is 1. The minimum absolute atomic E-state index is 0.0307. The van der Waals surface area contributed by atoms with Gasteiger partial charge in [0.15, 0.2) is 17.2 Å². The summed E-state index contributed by atoms with van der Waals surface area (Å²) in [5.74, 6) is -1.58. The molecule has 47 heavy (non-hydrogen) atoms. The molecule has 12 nitrogen and oxygen atoms in total. The van der Waals surface area contributed by atoms with Crippen LogP contribution in [0.15, 0.2) is 48.5 Å². The first-order chi connectivity index (χ1) is 21.9. The monoisotopic (exact) mass is 707 g/mol. The van der Waals surface area contributed by atoms with Gasteiger partial charge in [0.2, 0.25) is 10.0 Å². The molecular weight excluding hydrogens is 670 g/mol. The highest BCUT2D eigenvalue weighted by Crippen LogP contribution is 2.46. The van der Waals surface area contributed by atoms with Crippen molar-refractivity contribution in [2.24, 2.45) is 0 Å². The van der Waals surface area contributed by atoms with Crippen molar-refractivity contribution in [3.8, 4) is 16.2 Å². The highest BCUT2D eigenvalue weighted by Gasteiger charge is 2.41. The fourth-order valence-corrected chi connectivity index (χ4v) is 8.94. The number of ether oxygens (including phenoxy) is 3. The number of carbonyl (C=O) groups is 2. The number of thiophene rings is 1. The molecule has 0 saturated carbocycles. The Hall–Kier alpha value is -3.72. The number of nitrogens with zero attached hydrogens (tertiary/aromatic N) is 2. The average molecular weight is 708 g/mol. The van der Waals surface area contributed by atoms with Crippen LogP contribution in [0.25, 0.3) is 10.4 Å². The molecule has 0 aliphatic carbocycles. The third kappa shape index (κ3) is 9.01. The van der Waals surface area contributed by atoms with E-state index in [1.54, 1.807) is 26.8 Å². The van der Waals surface area contributed by atoms with Crippen LogP contribution in [0.1, 0.15) is 62.7 Å². The molecule has 1 aliphatic heterocycles. The van der Waals surface area contributed by atoms with Crippen LogP contribution in [0.5, 0.6) is 5.75 Å². The summed E-state index contributed by atoms with van der Waals surface area (Å²) in [4.78, 5) is 36.1. The van der Waals surface area contributed by atoms with Gasteiger partial charge in [-0.05, 0) is 70.7 Å². The molecule has 1 saturated heterocycles. The van der Waals surface area contributed by atoms with E-state index >= 15 is 0 Å². The van der Waals surface area contributed by atoms with E-state index in [0.717, 1.165) is 17.0 Å². The fourth-order valence-electron chi connectivity index (χ4n) is 5.50. The van der Waals surface area contributed by atoms with Gasteiger partial charge in [0, 0.05) is 35.9 Å². The van der Waals surface area contributed by atoms with E-state index in [-0.39, 0.29) is 39.7 Å². The minimum Gasteiger partial charge on any atom is -0.479 e. The number of benzene rings is 2. The molecule has 1 aromatic heterocycles. The number of sulfonamides is 1. The van der Waals surface area contributed by atoms with E-state index < -0.39 is 44.6 Å². The molecule has 4 rings (SSSR count). The second-order valence-corrected chi connectivity index (χ2v) is 16.0. The Kier molecular flexibility index (Phi) is 10.9. The van der Waals surface area contributed by atoms with Crippen LogP contribution in [0, 0.1) is 10.1 Å². The number of carbonyl (C=O) groups excluding carboxylic acids is 2. The van der Waals surface area contributed by atoms with Gasteiger partial charge in [-0.2, -0.15) is 4.31 Å². The van der Waals surface area contributed by atoms with Crippen molar-refractivity contribution in [3.63, 3.8) is 0 Å². The summed E-state index contributed by atoms with van der Waals surface area (Å²) in [6, 6.07) is 13.0. The van der Waals surface area contributed by atoms with Crippen LogP contribution in [-0.4, -0.2) is 67.0 Å². The third-order valence-corrected chi connectivity index (χ3v) is 11.1. The summed E-state index contributed by atoms with van der Waals surface area (Å²) in [5.41, 5.74) is 0.205. The molecule has 0 radical (unpaired) electrons. The van der Waals surface area contributed by atoms with Crippen LogP contribution in [0.2, 0.25) is 5.02 Å². The molecule has 254 valence electrons. The number of methoxy groups -OCH3 is 1. The molecule has 0 spiro atoms. The standard InChI is InChI=1S/C32H38ClN3O9S2/c1-31(2,3)45-25(37)18-44-27-26(33)28(46-29(27)30(38)43-6)21-10-8-11-22(16-21)34-23-13-14-35(32(4,5)17-23)47(41,42)19-20-9-7-12-24(15-20)36(39)40/h7-12,15-16,23,34H,13-14,17-19H2,1-6H3. The molecule has 1 N–H and O–H groups in total. The topological polar surface area (TPSA) is 154 Å². The zero-order chi connectivity index (χ0) is 34.7. The molecule has 0 amide bonds. The number of esters is 2. The summed E-state index contributed by atoms with van der Waals surface area (Å²) in [6.07, 6.45) is 1.02. The van der Waals surface area contributed by atoms with Crippen molar-refractivity contribution in [1.82, 2.24) is 4.31 Å². The number of rotatable bonds is 11. The van der Waals surface area contributed by atoms with Crippen LogP contribution in [-0.2, 0) is 30.0 Å². The number of anilines is 1.